The van der Waals surface area contributed by atoms with Crippen LogP contribution in [0.1, 0.15) is 31.1 Å². The zero-order chi connectivity index (χ0) is 12.3. The van der Waals surface area contributed by atoms with Gasteiger partial charge in [-0.2, -0.15) is 0 Å². The molecule has 0 fully saturated rings. The second kappa shape index (κ2) is 5.55. The molecule has 1 atom stereocenters. The molecule has 0 radical (unpaired) electrons. The maximum Gasteiger partial charge on any atom is 0.167 e. The first kappa shape index (κ1) is 13.3. The minimum atomic E-state index is -0.607. The Hall–Kier alpha value is -0.740. The summed E-state index contributed by atoms with van der Waals surface area (Å²) in [6.07, 6.45) is 0.255. The van der Waals surface area contributed by atoms with Crippen LogP contribution in [0.4, 0.5) is 0 Å². The molecule has 0 spiro atoms. The molecule has 0 saturated heterocycles. The lowest BCUT2D eigenvalue weighted by Crippen LogP contribution is -2.03. The SMILES string of the molecule is CCc1cc(OC)c(OC)c(C(C)O)c1Br. The quantitative estimate of drug-likeness (QED) is 0.925. The Morgan fingerprint density at radius 3 is 2.38 bits per heavy atom. The van der Waals surface area contributed by atoms with Gasteiger partial charge in [0.1, 0.15) is 0 Å². The van der Waals surface area contributed by atoms with E-state index in [2.05, 4.69) is 22.9 Å². The summed E-state index contributed by atoms with van der Waals surface area (Å²) in [5, 5.41) is 9.79. The fourth-order valence-corrected chi connectivity index (χ4v) is 2.59. The van der Waals surface area contributed by atoms with Gasteiger partial charge in [0, 0.05) is 10.0 Å². The third kappa shape index (κ3) is 2.33. The van der Waals surface area contributed by atoms with E-state index in [1.807, 2.05) is 6.07 Å². The van der Waals surface area contributed by atoms with Gasteiger partial charge >= 0.3 is 0 Å². The summed E-state index contributed by atoms with van der Waals surface area (Å²) < 4.78 is 11.5. The Labute approximate surface area is 105 Å². The van der Waals surface area contributed by atoms with E-state index >= 15 is 0 Å². The molecule has 0 aromatic heterocycles. The predicted molar refractivity (Wildman–Crippen MR) is 67.3 cm³/mol. The number of aliphatic hydroxyl groups excluding tert-OH is 1. The van der Waals surface area contributed by atoms with E-state index in [1.54, 1.807) is 21.1 Å². The van der Waals surface area contributed by atoms with Gasteiger partial charge < -0.3 is 14.6 Å². The van der Waals surface area contributed by atoms with Crippen LogP contribution < -0.4 is 9.47 Å². The molecule has 1 aromatic rings. The van der Waals surface area contributed by atoms with Gasteiger partial charge in [-0.15, -0.1) is 0 Å². The van der Waals surface area contributed by atoms with E-state index in [0.717, 1.165) is 22.0 Å². The zero-order valence-electron chi connectivity index (χ0n) is 10.0. The van der Waals surface area contributed by atoms with Crippen LogP contribution in [0, 0.1) is 0 Å². The van der Waals surface area contributed by atoms with Crippen molar-refractivity contribution >= 4 is 15.9 Å². The lowest BCUT2D eigenvalue weighted by molar-refractivity contribution is 0.192. The van der Waals surface area contributed by atoms with Crippen molar-refractivity contribution in [1.29, 1.82) is 0 Å². The standard InChI is InChI=1S/C12H17BrO3/c1-5-8-6-9(15-3)12(16-4)10(7(2)14)11(8)13/h6-7,14H,5H2,1-4H3. The maximum atomic E-state index is 9.79. The molecular formula is C12H17BrO3. The first-order valence-corrected chi connectivity index (χ1v) is 5.97. The average molecular weight is 289 g/mol. The van der Waals surface area contributed by atoms with Crippen LogP contribution in [0.5, 0.6) is 11.5 Å². The van der Waals surface area contributed by atoms with Crippen LogP contribution in [0.2, 0.25) is 0 Å². The van der Waals surface area contributed by atoms with Crippen molar-refractivity contribution in [3.63, 3.8) is 0 Å². The Bertz CT molecular complexity index is 375. The highest BCUT2D eigenvalue weighted by Gasteiger charge is 2.20. The normalized spacial score (nSPS) is 12.4. The molecule has 1 rings (SSSR count). The Morgan fingerprint density at radius 2 is 2.00 bits per heavy atom. The summed E-state index contributed by atoms with van der Waals surface area (Å²) in [5.41, 5.74) is 1.83. The van der Waals surface area contributed by atoms with Gasteiger partial charge in [-0.1, -0.05) is 6.92 Å². The highest BCUT2D eigenvalue weighted by atomic mass is 79.9. The summed E-state index contributed by atoms with van der Waals surface area (Å²) in [6, 6.07) is 1.93. The van der Waals surface area contributed by atoms with Crippen LogP contribution in [-0.2, 0) is 6.42 Å². The Morgan fingerprint density at radius 1 is 1.38 bits per heavy atom. The average Bonchev–Trinajstić information content (AvgIpc) is 2.27. The molecule has 0 aliphatic carbocycles. The molecule has 0 heterocycles. The van der Waals surface area contributed by atoms with Gasteiger partial charge in [-0.05, 0) is 40.9 Å². The molecule has 1 N–H and O–H groups in total. The summed E-state index contributed by atoms with van der Waals surface area (Å²) >= 11 is 3.50. The molecular weight excluding hydrogens is 272 g/mol. The van der Waals surface area contributed by atoms with Crippen LogP contribution >= 0.6 is 15.9 Å². The molecule has 90 valence electrons. The Balaban J connectivity index is 3.51. The number of methoxy groups -OCH3 is 2. The second-order valence-corrected chi connectivity index (χ2v) is 4.32. The monoisotopic (exact) mass is 288 g/mol. The van der Waals surface area contributed by atoms with E-state index in [4.69, 9.17) is 9.47 Å². The van der Waals surface area contributed by atoms with Gasteiger partial charge in [-0.25, -0.2) is 0 Å². The highest BCUT2D eigenvalue weighted by molar-refractivity contribution is 9.10. The van der Waals surface area contributed by atoms with Gasteiger partial charge in [0.25, 0.3) is 0 Å². The summed E-state index contributed by atoms with van der Waals surface area (Å²) in [4.78, 5) is 0. The predicted octanol–water partition coefficient (Wildman–Crippen LogP) is 3.08. The Kier molecular flexibility index (Phi) is 4.62. The number of benzene rings is 1. The minimum absolute atomic E-state index is 0.585. The molecule has 0 aliphatic rings. The van der Waals surface area contributed by atoms with Gasteiger partial charge in [0.05, 0.1) is 20.3 Å². The molecule has 0 bridgehead atoms. The van der Waals surface area contributed by atoms with Crippen molar-refractivity contribution in [2.45, 2.75) is 26.4 Å². The molecule has 1 unspecified atom stereocenters. The minimum Gasteiger partial charge on any atom is -0.493 e. The number of hydrogen-bond donors (Lipinski definition) is 1. The van der Waals surface area contributed by atoms with Crippen molar-refractivity contribution in [3.8, 4) is 11.5 Å². The molecule has 1 aromatic carbocycles. The van der Waals surface area contributed by atoms with E-state index in [0.29, 0.717) is 11.5 Å². The van der Waals surface area contributed by atoms with E-state index in [-0.39, 0.29) is 0 Å². The van der Waals surface area contributed by atoms with Gasteiger partial charge in [-0.3, -0.25) is 0 Å². The number of rotatable bonds is 4. The van der Waals surface area contributed by atoms with E-state index in [1.165, 1.54) is 0 Å². The molecule has 3 nitrogen and oxygen atoms in total. The summed E-state index contributed by atoms with van der Waals surface area (Å²) in [6.45, 7) is 3.76. The van der Waals surface area contributed by atoms with E-state index in [9.17, 15) is 5.11 Å². The topological polar surface area (TPSA) is 38.7 Å². The van der Waals surface area contributed by atoms with Gasteiger partial charge in [0.2, 0.25) is 0 Å². The summed E-state index contributed by atoms with van der Waals surface area (Å²) in [7, 11) is 3.17. The smallest absolute Gasteiger partial charge is 0.167 e. The molecule has 0 saturated carbocycles. The van der Waals surface area contributed by atoms with Gasteiger partial charge in [0.15, 0.2) is 11.5 Å². The van der Waals surface area contributed by atoms with Crippen LogP contribution in [0.3, 0.4) is 0 Å². The lowest BCUT2D eigenvalue weighted by Gasteiger charge is -2.18. The largest absolute Gasteiger partial charge is 0.493 e. The van der Waals surface area contributed by atoms with Crippen molar-refractivity contribution in [1.82, 2.24) is 0 Å². The molecule has 0 amide bonds. The molecule has 4 heteroatoms. The lowest BCUT2D eigenvalue weighted by atomic mass is 10.0. The first-order valence-electron chi connectivity index (χ1n) is 5.18. The van der Waals surface area contributed by atoms with Crippen molar-refractivity contribution in [2.24, 2.45) is 0 Å². The van der Waals surface area contributed by atoms with Crippen LogP contribution in [0.15, 0.2) is 10.5 Å². The number of aliphatic hydroxyl groups is 1. The molecule has 16 heavy (non-hydrogen) atoms. The van der Waals surface area contributed by atoms with Crippen LogP contribution in [0.25, 0.3) is 0 Å². The maximum absolute atomic E-state index is 9.79. The number of aryl methyl sites for hydroxylation is 1. The van der Waals surface area contributed by atoms with Crippen molar-refractivity contribution < 1.29 is 14.6 Å². The van der Waals surface area contributed by atoms with Crippen molar-refractivity contribution in [3.05, 3.63) is 21.7 Å². The van der Waals surface area contributed by atoms with Crippen molar-refractivity contribution in [2.75, 3.05) is 14.2 Å². The molecule has 0 aliphatic heterocycles. The fraction of sp³-hybridized carbons (Fsp3) is 0.500. The number of halogens is 1. The number of hydrogen-bond acceptors (Lipinski definition) is 3. The number of ether oxygens (including phenoxy) is 2. The van der Waals surface area contributed by atoms with E-state index < -0.39 is 6.10 Å². The third-order valence-electron chi connectivity index (χ3n) is 2.51. The fourth-order valence-electron chi connectivity index (χ4n) is 1.69. The highest BCUT2D eigenvalue weighted by Crippen LogP contribution is 2.42. The van der Waals surface area contributed by atoms with Crippen LogP contribution in [-0.4, -0.2) is 19.3 Å². The second-order valence-electron chi connectivity index (χ2n) is 3.53. The first-order chi connectivity index (χ1) is 7.56. The third-order valence-corrected chi connectivity index (χ3v) is 3.45. The summed E-state index contributed by atoms with van der Waals surface area (Å²) in [5.74, 6) is 1.24. The zero-order valence-corrected chi connectivity index (χ0v) is 11.6.